The largest absolute Gasteiger partial charge is 0.506 e. The quantitative estimate of drug-likeness (QED) is 0.874. The van der Waals surface area contributed by atoms with Gasteiger partial charge >= 0.3 is 0 Å². The molecule has 3 N–H and O–H groups in total. The predicted octanol–water partition coefficient (Wildman–Crippen LogP) is 3.83. The maximum Gasteiger partial charge on any atom is 0.141 e. The molecule has 0 saturated carbocycles. The number of benzene rings is 1. The third-order valence-corrected chi connectivity index (χ3v) is 3.99. The summed E-state index contributed by atoms with van der Waals surface area (Å²) in [6, 6.07) is 6.12. The number of thiophene rings is 1. The molecule has 0 aliphatic carbocycles. The lowest BCUT2D eigenvalue weighted by molar-refractivity contribution is 0.454. The van der Waals surface area contributed by atoms with Crippen LogP contribution in [0.3, 0.4) is 0 Å². The van der Waals surface area contributed by atoms with Crippen molar-refractivity contribution in [3.8, 4) is 5.75 Å². The average molecular weight is 339 g/mol. The van der Waals surface area contributed by atoms with Crippen molar-refractivity contribution in [3.63, 3.8) is 0 Å². The van der Waals surface area contributed by atoms with E-state index in [4.69, 9.17) is 5.73 Å². The van der Waals surface area contributed by atoms with Gasteiger partial charge in [-0.2, -0.15) is 0 Å². The Balaban J connectivity index is 0.00000144. The van der Waals surface area contributed by atoms with Gasteiger partial charge in [0.1, 0.15) is 11.6 Å². The smallest absolute Gasteiger partial charge is 0.141 e. The van der Waals surface area contributed by atoms with Gasteiger partial charge in [-0.1, -0.05) is 12.1 Å². The Kier molecular flexibility index (Phi) is 4.94. The van der Waals surface area contributed by atoms with E-state index in [2.05, 4.69) is 15.9 Å². The van der Waals surface area contributed by atoms with E-state index in [0.717, 1.165) is 4.88 Å². The van der Waals surface area contributed by atoms with Gasteiger partial charge in [-0.05, 0) is 33.4 Å². The van der Waals surface area contributed by atoms with E-state index in [1.165, 1.54) is 23.5 Å². The zero-order chi connectivity index (χ0) is 11.7. The summed E-state index contributed by atoms with van der Waals surface area (Å²) in [6.07, 6.45) is 0. The predicted molar refractivity (Wildman–Crippen MR) is 73.4 cm³/mol. The molecule has 2 nitrogen and oxygen atoms in total. The van der Waals surface area contributed by atoms with Crippen LogP contribution in [-0.2, 0) is 0 Å². The minimum Gasteiger partial charge on any atom is -0.506 e. The van der Waals surface area contributed by atoms with Crippen molar-refractivity contribution in [1.29, 1.82) is 0 Å². The molecule has 1 aromatic carbocycles. The molecule has 1 aromatic heterocycles. The molecule has 17 heavy (non-hydrogen) atoms. The Labute approximate surface area is 117 Å². The number of phenolic OH excluding ortho intramolecular Hbond substituents is 1. The molecule has 0 aliphatic heterocycles. The summed E-state index contributed by atoms with van der Waals surface area (Å²) in [5.41, 5.74) is 6.50. The molecule has 0 unspecified atom stereocenters. The third-order valence-electron chi connectivity index (χ3n) is 2.29. The summed E-state index contributed by atoms with van der Waals surface area (Å²) in [7, 11) is 0. The fourth-order valence-electron chi connectivity index (χ4n) is 1.43. The minimum atomic E-state index is -0.500. The van der Waals surface area contributed by atoms with Crippen molar-refractivity contribution < 1.29 is 9.50 Å². The monoisotopic (exact) mass is 337 g/mol. The number of halogens is 3. The van der Waals surface area contributed by atoms with Crippen molar-refractivity contribution in [2.75, 3.05) is 0 Å². The van der Waals surface area contributed by atoms with Crippen LogP contribution in [0, 0.1) is 5.82 Å². The van der Waals surface area contributed by atoms with Crippen molar-refractivity contribution in [1.82, 2.24) is 0 Å². The van der Waals surface area contributed by atoms with Crippen LogP contribution in [0.25, 0.3) is 0 Å². The number of aromatic hydroxyl groups is 1. The van der Waals surface area contributed by atoms with Crippen LogP contribution in [0.15, 0.2) is 34.1 Å². The summed E-state index contributed by atoms with van der Waals surface area (Å²) in [4.78, 5) is 0.925. The molecule has 2 aromatic rings. The van der Waals surface area contributed by atoms with Crippen molar-refractivity contribution in [2.45, 2.75) is 6.04 Å². The molecule has 92 valence electrons. The molecule has 0 fully saturated rings. The van der Waals surface area contributed by atoms with Gasteiger partial charge in [-0.25, -0.2) is 4.39 Å². The Hall–Kier alpha value is -0.620. The summed E-state index contributed by atoms with van der Waals surface area (Å²) in [6.45, 7) is 0. The molecule has 0 radical (unpaired) electrons. The first-order valence-corrected chi connectivity index (χ1v) is 6.24. The van der Waals surface area contributed by atoms with Crippen molar-refractivity contribution >= 4 is 39.7 Å². The Morgan fingerprint density at radius 3 is 2.65 bits per heavy atom. The Morgan fingerprint density at radius 1 is 1.35 bits per heavy atom. The third kappa shape index (κ3) is 2.80. The van der Waals surface area contributed by atoms with Gasteiger partial charge in [0.2, 0.25) is 0 Å². The average Bonchev–Trinajstić information content (AvgIpc) is 2.79. The van der Waals surface area contributed by atoms with E-state index in [-0.39, 0.29) is 22.6 Å². The molecule has 1 atom stereocenters. The molecule has 0 saturated heterocycles. The lowest BCUT2D eigenvalue weighted by atomic mass is 10.1. The second-order valence-corrected chi connectivity index (χ2v) is 5.06. The first-order chi connectivity index (χ1) is 7.61. The molecule has 0 amide bonds. The van der Waals surface area contributed by atoms with E-state index in [1.807, 2.05) is 17.5 Å². The summed E-state index contributed by atoms with van der Waals surface area (Å²) < 4.78 is 13.2. The minimum absolute atomic E-state index is 0. The van der Waals surface area contributed by atoms with Gasteiger partial charge in [0, 0.05) is 10.4 Å². The molecule has 1 heterocycles. The van der Waals surface area contributed by atoms with Crippen molar-refractivity contribution in [2.24, 2.45) is 5.73 Å². The van der Waals surface area contributed by atoms with E-state index >= 15 is 0 Å². The van der Waals surface area contributed by atoms with E-state index in [1.54, 1.807) is 0 Å². The number of rotatable bonds is 2. The SMILES string of the molecule is Cl.N[C@@H](c1cccs1)c1ccc(F)c(Br)c1O. The first kappa shape index (κ1) is 14.4. The van der Waals surface area contributed by atoms with Crippen LogP contribution < -0.4 is 5.73 Å². The van der Waals surface area contributed by atoms with Crippen LogP contribution in [0.2, 0.25) is 0 Å². The van der Waals surface area contributed by atoms with Crippen LogP contribution >= 0.6 is 39.7 Å². The van der Waals surface area contributed by atoms with Crippen molar-refractivity contribution in [3.05, 3.63) is 50.4 Å². The fraction of sp³-hybridized carbons (Fsp3) is 0.0909. The van der Waals surface area contributed by atoms with E-state index in [9.17, 15) is 9.50 Å². The van der Waals surface area contributed by atoms with Gasteiger partial charge in [0.15, 0.2) is 0 Å². The number of nitrogens with two attached hydrogens (primary N) is 1. The first-order valence-electron chi connectivity index (χ1n) is 4.57. The lowest BCUT2D eigenvalue weighted by Gasteiger charge is -2.13. The topological polar surface area (TPSA) is 46.2 Å². The van der Waals surface area contributed by atoms with Crippen LogP contribution in [0.1, 0.15) is 16.5 Å². The number of hydrogen-bond donors (Lipinski definition) is 2. The molecule has 0 bridgehead atoms. The van der Waals surface area contributed by atoms with Crippen LogP contribution in [-0.4, -0.2) is 5.11 Å². The molecule has 0 spiro atoms. The maximum atomic E-state index is 13.1. The number of hydrogen-bond acceptors (Lipinski definition) is 3. The summed E-state index contributed by atoms with van der Waals surface area (Å²) in [5.74, 6) is -0.638. The standard InChI is InChI=1S/C11H9BrFNOS.ClH/c12-9-7(13)4-3-6(11(9)15)10(14)8-2-1-5-16-8;/h1-5,10,15H,14H2;1H/t10-;/m1./s1. The van der Waals surface area contributed by atoms with Gasteiger partial charge in [-0.3, -0.25) is 0 Å². The molecule has 6 heteroatoms. The van der Waals surface area contributed by atoms with Crippen LogP contribution in [0.4, 0.5) is 4.39 Å². The van der Waals surface area contributed by atoms with Gasteiger partial charge in [-0.15, -0.1) is 23.7 Å². The molecular formula is C11H10BrClFNOS. The highest BCUT2D eigenvalue weighted by atomic mass is 79.9. The summed E-state index contributed by atoms with van der Waals surface area (Å²) >= 11 is 4.48. The van der Waals surface area contributed by atoms with Gasteiger partial charge in [0.25, 0.3) is 0 Å². The number of phenols is 1. The second kappa shape index (κ2) is 5.82. The van der Waals surface area contributed by atoms with E-state index < -0.39 is 11.9 Å². The highest BCUT2D eigenvalue weighted by molar-refractivity contribution is 9.10. The maximum absolute atomic E-state index is 13.1. The summed E-state index contributed by atoms with van der Waals surface area (Å²) in [5, 5.41) is 11.7. The highest BCUT2D eigenvalue weighted by Gasteiger charge is 2.17. The Bertz CT molecular complexity index is 506. The highest BCUT2D eigenvalue weighted by Crippen LogP contribution is 2.36. The zero-order valence-electron chi connectivity index (χ0n) is 8.56. The second-order valence-electron chi connectivity index (χ2n) is 3.29. The van der Waals surface area contributed by atoms with Crippen LogP contribution in [0.5, 0.6) is 5.75 Å². The molecule has 0 aliphatic rings. The fourth-order valence-corrected chi connectivity index (χ4v) is 2.53. The lowest BCUT2D eigenvalue weighted by Crippen LogP contribution is -2.10. The normalized spacial score (nSPS) is 11.9. The molecule has 2 rings (SSSR count). The van der Waals surface area contributed by atoms with Gasteiger partial charge in [0.05, 0.1) is 10.5 Å². The zero-order valence-corrected chi connectivity index (χ0v) is 11.8. The Morgan fingerprint density at radius 2 is 2.06 bits per heavy atom. The van der Waals surface area contributed by atoms with E-state index in [0.29, 0.717) is 5.56 Å². The van der Waals surface area contributed by atoms with Gasteiger partial charge < -0.3 is 10.8 Å². The molecular weight excluding hydrogens is 329 g/mol.